The molecule has 2 fully saturated rings. The molecule has 2 atom stereocenters. The molecular weight excluding hydrogens is 236 g/mol. The van der Waals surface area contributed by atoms with Gasteiger partial charge in [0.2, 0.25) is 0 Å². The molecule has 0 aliphatic carbocycles. The fraction of sp³-hybridized carbons (Fsp3) is 0.875. The van der Waals surface area contributed by atoms with Crippen LogP contribution in [0.4, 0.5) is 4.79 Å². The van der Waals surface area contributed by atoms with E-state index in [9.17, 15) is 13.2 Å². The van der Waals surface area contributed by atoms with Gasteiger partial charge in [0.15, 0.2) is 0 Å². The molecule has 0 aromatic rings. The Balaban J connectivity index is 2.16. The summed E-state index contributed by atoms with van der Waals surface area (Å²) in [6.07, 6.45) is 2.35. The van der Waals surface area contributed by atoms with E-state index in [2.05, 4.69) is 4.28 Å². The molecule has 1 N–H and O–H groups in total. The Bertz CT molecular complexity index is 395. The van der Waals surface area contributed by atoms with Gasteiger partial charge in [0.05, 0.1) is 6.04 Å². The molecule has 0 aromatic heterocycles. The number of hydrogen-bond donors (Lipinski definition) is 1. The first-order chi connectivity index (χ1) is 7.42. The van der Waals surface area contributed by atoms with Crippen LogP contribution in [0.25, 0.3) is 0 Å². The Morgan fingerprint density at radius 3 is 2.75 bits per heavy atom. The second-order valence-corrected chi connectivity index (χ2v) is 5.06. The van der Waals surface area contributed by atoms with Crippen molar-refractivity contribution >= 4 is 16.4 Å². The van der Waals surface area contributed by atoms with E-state index in [1.807, 2.05) is 6.92 Å². The maximum absolute atomic E-state index is 11.8. The lowest BCUT2D eigenvalue weighted by Gasteiger charge is -2.29. The minimum atomic E-state index is -4.62. The normalized spacial score (nSPS) is 30.0. The highest BCUT2D eigenvalue weighted by Gasteiger charge is 2.46. The Morgan fingerprint density at radius 1 is 1.50 bits per heavy atom. The molecule has 0 spiro atoms. The summed E-state index contributed by atoms with van der Waals surface area (Å²) in [5.41, 5.74) is 0. The summed E-state index contributed by atoms with van der Waals surface area (Å²) in [6, 6.07) is -0.622. The minimum Gasteiger partial charge on any atom is -0.318 e. The van der Waals surface area contributed by atoms with Gasteiger partial charge in [0, 0.05) is 12.6 Å². The van der Waals surface area contributed by atoms with Gasteiger partial charge in [0.1, 0.15) is 0 Å². The predicted octanol–water partition coefficient (Wildman–Crippen LogP) is 0.399. The number of amides is 2. The highest BCUT2D eigenvalue weighted by molar-refractivity contribution is 7.80. The fourth-order valence-corrected chi connectivity index (χ4v) is 2.72. The van der Waals surface area contributed by atoms with Crippen LogP contribution in [0.3, 0.4) is 0 Å². The molecule has 0 saturated carbocycles. The van der Waals surface area contributed by atoms with E-state index in [0.717, 1.165) is 17.9 Å². The van der Waals surface area contributed by atoms with Gasteiger partial charge in [-0.25, -0.2) is 4.79 Å². The monoisotopic (exact) mass is 250 g/mol. The lowest BCUT2D eigenvalue weighted by Crippen LogP contribution is -2.39. The SMILES string of the molecule is CC[C@@H]1CC[C@@H]2CN1C(=O)N2OS(=O)(=O)O. The summed E-state index contributed by atoms with van der Waals surface area (Å²) in [7, 11) is -4.62. The van der Waals surface area contributed by atoms with E-state index in [4.69, 9.17) is 4.55 Å². The summed E-state index contributed by atoms with van der Waals surface area (Å²) in [4.78, 5) is 13.4. The molecule has 2 aliphatic rings. The molecule has 2 aliphatic heterocycles. The summed E-state index contributed by atoms with van der Waals surface area (Å²) in [5.74, 6) is 0. The van der Waals surface area contributed by atoms with Crippen LogP contribution in [0.5, 0.6) is 0 Å². The van der Waals surface area contributed by atoms with Gasteiger partial charge in [-0.05, 0) is 19.3 Å². The van der Waals surface area contributed by atoms with Crippen molar-refractivity contribution in [1.82, 2.24) is 9.96 Å². The van der Waals surface area contributed by atoms with Gasteiger partial charge in [-0.2, -0.15) is 13.5 Å². The zero-order valence-corrected chi connectivity index (χ0v) is 9.68. The molecule has 0 radical (unpaired) electrons. The van der Waals surface area contributed by atoms with Crippen LogP contribution in [0.15, 0.2) is 0 Å². The third-order valence-corrected chi connectivity index (χ3v) is 3.44. The molecule has 2 amide bonds. The van der Waals surface area contributed by atoms with Gasteiger partial charge in [0.25, 0.3) is 0 Å². The zero-order valence-electron chi connectivity index (χ0n) is 8.87. The maximum atomic E-state index is 11.8. The van der Waals surface area contributed by atoms with Crippen molar-refractivity contribution in [1.29, 1.82) is 0 Å². The standard InChI is InChI=1S/C8H14N2O5S/c1-2-6-3-4-7-5-9(6)8(11)10(7)15-16(12,13)14/h6-7H,2-5H2,1H3,(H,12,13,14)/t6-,7-/m1/s1. The number of hydrogen-bond acceptors (Lipinski definition) is 4. The van der Waals surface area contributed by atoms with Crippen LogP contribution in [0.1, 0.15) is 26.2 Å². The number of urea groups is 1. The Labute approximate surface area is 93.9 Å². The van der Waals surface area contributed by atoms with Crippen molar-refractivity contribution in [3.05, 3.63) is 0 Å². The van der Waals surface area contributed by atoms with Crippen molar-refractivity contribution in [3.8, 4) is 0 Å². The van der Waals surface area contributed by atoms with E-state index >= 15 is 0 Å². The number of hydroxylamine groups is 2. The summed E-state index contributed by atoms with van der Waals surface area (Å²) < 4.78 is 34.1. The highest BCUT2D eigenvalue weighted by atomic mass is 32.3. The van der Waals surface area contributed by atoms with Crippen LogP contribution in [-0.2, 0) is 14.7 Å². The third-order valence-electron chi connectivity index (χ3n) is 3.09. The highest BCUT2D eigenvalue weighted by Crippen LogP contribution is 2.31. The fourth-order valence-electron chi connectivity index (χ4n) is 2.34. The quantitative estimate of drug-likeness (QED) is 0.732. The van der Waals surface area contributed by atoms with Crippen molar-refractivity contribution in [2.45, 2.75) is 38.3 Å². The number of carbonyl (C=O) groups excluding carboxylic acids is 1. The number of carbonyl (C=O) groups is 1. The van der Waals surface area contributed by atoms with E-state index in [-0.39, 0.29) is 12.1 Å². The summed E-state index contributed by atoms with van der Waals surface area (Å²) >= 11 is 0. The largest absolute Gasteiger partial charge is 0.418 e. The Hall–Kier alpha value is -0.860. The van der Waals surface area contributed by atoms with E-state index in [0.29, 0.717) is 13.0 Å². The van der Waals surface area contributed by atoms with Crippen LogP contribution < -0.4 is 0 Å². The smallest absolute Gasteiger partial charge is 0.318 e. The van der Waals surface area contributed by atoms with Crippen LogP contribution in [-0.4, -0.2) is 47.6 Å². The maximum Gasteiger partial charge on any atom is 0.418 e. The van der Waals surface area contributed by atoms with E-state index in [1.165, 1.54) is 0 Å². The molecule has 16 heavy (non-hydrogen) atoms. The van der Waals surface area contributed by atoms with Crippen molar-refractivity contribution < 1.29 is 22.0 Å². The van der Waals surface area contributed by atoms with Gasteiger partial charge < -0.3 is 4.90 Å². The summed E-state index contributed by atoms with van der Waals surface area (Å²) in [6.45, 7) is 2.44. The van der Waals surface area contributed by atoms with Gasteiger partial charge in [-0.15, -0.1) is 4.28 Å². The van der Waals surface area contributed by atoms with E-state index in [1.54, 1.807) is 4.90 Å². The first-order valence-electron chi connectivity index (χ1n) is 5.19. The second-order valence-electron chi connectivity index (χ2n) is 4.06. The molecule has 0 unspecified atom stereocenters. The molecule has 8 heteroatoms. The molecule has 7 nitrogen and oxygen atoms in total. The van der Waals surface area contributed by atoms with Crippen molar-refractivity contribution in [2.75, 3.05) is 6.54 Å². The van der Waals surface area contributed by atoms with Crippen LogP contribution >= 0.6 is 0 Å². The Kier molecular flexibility index (Phi) is 2.81. The number of fused-ring (bicyclic) bond motifs is 2. The topological polar surface area (TPSA) is 87.2 Å². The first kappa shape index (κ1) is 11.6. The van der Waals surface area contributed by atoms with Gasteiger partial charge >= 0.3 is 16.4 Å². The number of piperidine rings is 1. The number of nitrogens with zero attached hydrogens (tertiary/aromatic N) is 2. The van der Waals surface area contributed by atoms with Crippen LogP contribution in [0.2, 0.25) is 0 Å². The molecule has 2 heterocycles. The molecule has 2 rings (SSSR count). The third kappa shape index (κ3) is 2.00. The second kappa shape index (κ2) is 3.86. The molecule has 92 valence electrons. The minimum absolute atomic E-state index is 0.138. The zero-order chi connectivity index (χ0) is 11.9. The lowest BCUT2D eigenvalue weighted by atomic mass is 9.99. The molecular formula is C8H14N2O5S. The first-order valence-corrected chi connectivity index (χ1v) is 6.55. The van der Waals surface area contributed by atoms with Gasteiger partial charge in [-0.1, -0.05) is 6.92 Å². The molecule has 2 saturated heterocycles. The average Bonchev–Trinajstić information content (AvgIpc) is 2.43. The number of rotatable bonds is 3. The van der Waals surface area contributed by atoms with Crippen molar-refractivity contribution in [2.24, 2.45) is 0 Å². The van der Waals surface area contributed by atoms with Crippen molar-refractivity contribution in [3.63, 3.8) is 0 Å². The predicted molar refractivity (Wildman–Crippen MR) is 53.7 cm³/mol. The average molecular weight is 250 g/mol. The molecule has 2 bridgehead atoms. The molecule has 0 aromatic carbocycles. The van der Waals surface area contributed by atoms with Crippen LogP contribution in [0, 0.1) is 0 Å². The summed E-state index contributed by atoms with van der Waals surface area (Å²) in [5, 5.41) is 0.769. The van der Waals surface area contributed by atoms with E-state index < -0.39 is 16.4 Å². The van der Waals surface area contributed by atoms with Gasteiger partial charge in [-0.3, -0.25) is 4.55 Å². The Morgan fingerprint density at radius 2 is 2.19 bits per heavy atom. The lowest BCUT2D eigenvalue weighted by molar-refractivity contribution is -0.0317.